The van der Waals surface area contributed by atoms with Crippen molar-refractivity contribution in [2.45, 2.75) is 45.8 Å². The number of hydrogen-bond acceptors (Lipinski definition) is 3. The zero-order valence-electron chi connectivity index (χ0n) is 11.1. The Hall–Kier alpha value is -1.09. The lowest BCUT2D eigenvalue weighted by Crippen LogP contribution is -2.43. The highest BCUT2D eigenvalue weighted by molar-refractivity contribution is 5.86. The number of ether oxygens (including phenoxy) is 1. The molecule has 2 bridgehead atoms. The van der Waals surface area contributed by atoms with Gasteiger partial charge in [-0.2, -0.15) is 0 Å². The van der Waals surface area contributed by atoms with Crippen molar-refractivity contribution in [2.24, 2.45) is 17.3 Å². The van der Waals surface area contributed by atoms with Gasteiger partial charge < -0.3 is 9.84 Å². The third-order valence-corrected chi connectivity index (χ3v) is 4.82. The van der Waals surface area contributed by atoms with Crippen LogP contribution in [0.1, 0.15) is 33.6 Å². The molecule has 1 aliphatic heterocycles. The normalized spacial score (nSPS) is 41.4. The first kappa shape index (κ1) is 12.0. The van der Waals surface area contributed by atoms with E-state index in [2.05, 4.69) is 26.8 Å². The second-order valence-corrected chi connectivity index (χ2v) is 6.57. The maximum absolute atomic E-state index is 11.5. The zero-order valence-corrected chi connectivity index (χ0v) is 11.1. The first-order valence-electron chi connectivity index (χ1n) is 6.67. The van der Waals surface area contributed by atoms with Crippen LogP contribution in [0.4, 0.5) is 0 Å². The van der Waals surface area contributed by atoms with Crippen LogP contribution in [0.2, 0.25) is 0 Å². The van der Waals surface area contributed by atoms with Crippen molar-refractivity contribution in [3.63, 3.8) is 0 Å². The van der Waals surface area contributed by atoms with E-state index in [4.69, 9.17) is 4.74 Å². The summed E-state index contributed by atoms with van der Waals surface area (Å²) in [6, 6.07) is 0. The van der Waals surface area contributed by atoms with Gasteiger partial charge in [-0.25, -0.2) is 4.79 Å². The predicted molar refractivity (Wildman–Crippen MR) is 67.7 cm³/mol. The molecule has 1 fully saturated rings. The Balaban J connectivity index is 2.07. The summed E-state index contributed by atoms with van der Waals surface area (Å²) in [7, 11) is 0. The summed E-state index contributed by atoms with van der Waals surface area (Å²) in [5, 5.41) is 10.3. The molecule has 0 saturated heterocycles. The lowest BCUT2D eigenvalue weighted by Gasteiger charge is -2.46. The van der Waals surface area contributed by atoms with Crippen LogP contribution >= 0.6 is 0 Å². The minimum Gasteiger partial charge on any atom is -0.454 e. The van der Waals surface area contributed by atoms with E-state index in [0.717, 1.165) is 12.0 Å². The first-order chi connectivity index (χ1) is 8.38. The molecule has 0 aromatic rings. The third kappa shape index (κ3) is 1.64. The fourth-order valence-corrected chi connectivity index (χ4v) is 4.00. The molecule has 1 saturated carbocycles. The number of hydrogen-bond donors (Lipinski definition) is 1. The van der Waals surface area contributed by atoms with Crippen LogP contribution in [0.25, 0.3) is 0 Å². The summed E-state index contributed by atoms with van der Waals surface area (Å²) in [4.78, 5) is 11.5. The van der Waals surface area contributed by atoms with Gasteiger partial charge in [0.25, 0.3) is 0 Å². The molecule has 1 heterocycles. The molecule has 3 aliphatic carbocycles. The first-order valence-corrected chi connectivity index (χ1v) is 6.67. The van der Waals surface area contributed by atoms with Gasteiger partial charge in [-0.15, -0.1) is 0 Å². The molecule has 0 spiro atoms. The van der Waals surface area contributed by atoms with Gasteiger partial charge in [0.1, 0.15) is 6.10 Å². The van der Waals surface area contributed by atoms with Gasteiger partial charge in [0.15, 0.2) is 0 Å². The molecule has 4 rings (SSSR count). The van der Waals surface area contributed by atoms with Gasteiger partial charge in [-0.1, -0.05) is 25.5 Å². The molecular weight excluding hydrogens is 228 g/mol. The summed E-state index contributed by atoms with van der Waals surface area (Å²) in [6.07, 6.45) is 4.66. The van der Waals surface area contributed by atoms with E-state index in [1.165, 1.54) is 11.6 Å². The van der Waals surface area contributed by atoms with Crippen LogP contribution in [0.15, 0.2) is 23.3 Å². The highest BCUT2D eigenvalue weighted by atomic mass is 16.5. The Labute approximate surface area is 108 Å². The molecule has 18 heavy (non-hydrogen) atoms. The highest BCUT2D eigenvalue weighted by Crippen LogP contribution is 2.51. The predicted octanol–water partition coefficient (Wildman–Crippen LogP) is 2.21. The maximum Gasteiger partial charge on any atom is 0.331 e. The molecule has 1 N–H and O–H groups in total. The van der Waals surface area contributed by atoms with Crippen molar-refractivity contribution in [1.82, 2.24) is 0 Å². The van der Waals surface area contributed by atoms with Crippen LogP contribution in [-0.2, 0) is 9.53 Å². The van der Waals surface area contributed by atoms with E-state index < -0.39 is 6.10 Å². The van der Waals surface area contributed by atoms with E-state index in [-0.39, 0.29) is 23.4 Å². The van der Waals surface area contributed by atoms with Crippen LogP contribution in [0.5, 0.6) is 0 Å². The molecule has 4 atom stereocenters. The van der Waals surface area contributed by atoms with Gasteiger partial charge in [0, 0.05) is 17.6 Å². The van der Waals surface area contributed by atoms with Crippen LogP contribution in [0.3, 0.4) is 0 Å². The summed E-state index contributed by atoms with van der Waals surface area (Å²) in [6.45, 7) is 6.63. The third-order valence-electron chi connectivity index (χ3n) is 4.82. The molecule has 0 aromatic carbocycles. The topological polar surface area (TPSA) is 46.5 Å². The molecular formula is C15H20O3. The smallest absolute Gasteiger partial charge is 0.331 e. The number of allylic oxidation sites excluding steroid dienone is 1. The average Bonchev–Trinajstić information content (AvgIpc) is 2.63. The average molecular weight is 248 g/mol. The number of carbonyl (C=O) groups is 1. The fourth-order valence-electron chi connectivity index (χ4n) is 4.00. The van der Waals surface area contributed by atoms with E-state index in [1.54, 1.807) is 0 Å². The van der Waals surface area contributed by atoms with Gasteiger partial charge in [-0.05, 0) is 31.1 Å². The van der Waals surface area contributed by atoms with E-state index in [9.17, 15) is 9.90 Å². The van der Waals surface area contributed by atoms with Crippen molar-refractivity contribution < 1.29 is 14.6 Å². The Morgan fingerprint density at radius 1 is 1.44 bits per heavy atom. The zero-order chi connectivity index (χ0) is 13.1. The molecule has 4 aliphatic rings. The van der Waals surface area contributed by atoms with Crippen LogP contribution < -0.4 is 0 Å². The monoisotopic (exact) mass is 248 g/mol. The summed E-state index contributed by atoms with van der Waals surface area (Å²) >= 11 is 0. The number of fused-ring (bicyclic) bond motifs is 2. The van der Waals surface area contributed by atoms with Crippen LogP contribution in [0, 0.1) is 17.3 Å². The second-order valence-electron chi connectivity index (χ2n) is 6.57. The molecule has 0 radical (unpaired) electrons. The lowest BCUT2D eigenvalue weighted by atomic mass is 9.60. The van der Waals surface area contributed by atoms with E-state index in [1.807, 2.05) is 0 Å². The van der Waals surface area contributed by atoms with Crippen molar-refractivity contribution in [2.75, 3.05) is 0 Å². The largest absolute Gasteiger partial charge is 0.454 e. The quantitative estimate of drug-likeness (QED) is 0.528. The lowest BCUT2D eigenvalue weighted by molar-refractivity contribution is -0.141. The summed E-state index contributed by atoms with van der Waals surface area (Å²) in [5.74, 6) is 0.300. The van der Waals surface area contributed by atoms with Crippen molar-refractivity contribution in [1.29, 1.82) is 0 Å². The van der Waals surface area contributed by atoms with Crippen molar-refractivity contribution >= 4 is 5.97 Å². The van der Waals surface area contributed by atoms with Crippen molar-refractivity contribution in [3.8, 4) is 0 Å². The van der Waals surface area contributed by atoms with E-state index in [0.29, 0.717) is 12.3 Å². The fraction of sp³-hybridized carbons (Fsp3) is 0.667. The Morgan fingerprint density at radius 3 is 2.83 bits per heavy atom. The van der Waals surface area contributed by atoms with Gasteiger partial charge in [0.2, 0.25) is 0 Å². The Kier molecular flexibility index (Phi) is 2.46. The van der Waals surface area contributed by atoms with Gasteiger partial charge in [-0.3, -0.25) is 0 Å². The van der Waals surface area contributed by atoms with Gasteiger partial charge >= 0.3 is 5.97 Å². The number of esters is 1. The standard InChI is InChI=1S/C15H20O3/c1-8-4-9-7-15(2,3)11(8)6-12(16)10-5-13(17)18-14(9)10/h4-5,9,11-12,14,16H,6-7H2,1-3H3/t9-,11+,12+,14-/m1/s1. The van der Waals surface area contributed by atoms with Gasteiger partial charge in [0.05, 0.1) is 6.10 Å². The van der Waals surface area contributed by atoms with Crippen molar-refractivity contribution in [3.05, 3.63) is 23.3 Å². The number of rotatable bonds is 0. The maximum atomic E-state index is 11.5. The SMILES string of the molecule is CC1=C[C@@H]2CC(C)(C)[C@H]1C[C@H](O)C1=CC(=O)O[C@@H]12. The Bertz CT molecular complexity index is 458. The number of aliphatic hydroxyl groups is 1. The highest BCUT2D eigenvalue weighted by Gasteiger charge is 2.47. The minimum absolute atomic E-state index is 0.158. The minimum atomic E-state index is -0.544. The number of aliphatic hydroxyl groups excluding tert-OH is 1. The molecule has 3 nitrogen and oxygen atoms in total. The molecule has 0 aromatic heterocycles. The molecule has 3 heteroatoms. The van der Waals surface area contributed by atoms with Crippen LogP contribution in [-0.4, -0.2) is 23.3 Å². The molecule has 0 amide bonds. The Morgan fingerprint density at radius 2 is 2.17 bits per heavy atom. The summed E-state index contributed by atoms with van der Waals surface area (Å²) in [5.41, 5.74) is 2.27. The number of carbonyl (C=O) groups excluding carboxylic acids is 1. The summed E-state index contributed by atoms with van der Waals surface area (Å²) < 4.78 is 5.40. The second kappa shape index (κ2) is 3.70. The molecule has 98 valence electrons. The van der Waals surface area contributed by atoms with E-state index >= 15 is 0 Å². The molecule has 0 unspecified atom stereocenters.